The molecule has 1 atom stereocenters. The smallest absolute Gasteiger partial charge is 0.264 e. The molecule has 0 bridgehead atoms. The second-order valence-corrected chi connectivity index (χ2v) is 14.7. The van der Waals surface area contributed by atoms with Crippen molar-refractivity contribution in [2.24, 2.45) is 0 Å². The minimum Gasteiger partial charge on any atom is -0.390 e. The maximum Gasteiger partial charge on any atom is 0.264 e. The summed E-state index contributed by atoms with van der Waals surface area (Å²) in [6, 6.07) is 0. The highest BCUT2D eigenvalue weighted by atomic mass is 32.2. The molecule has 1 unspecified atom stereocenters. The van der Waals surface area contributed by atoms with Crippen LogP contribution in [0.5, 0.6) is 0 Å². The monoisotopic (exact) mass is 587 g/mol. The summed E-state index contributed by atoms with van der Waals surface area (Å²) in [5.74, 6) is -0.608. The van der Waals surface area contributed by atoms with Crippen molar-refractivity contribution in [2.45, 2.75) is 122 Å². The van der Waals surface area contributed by atoms with Gasteiger partial charge in [-0.05, 0) is 34.0 Å². The van der Waals surface area contributed by atoms with Gasteiger partial charge >= 0.3 is 0 Å². The average Bonchev–Trinajstić information content (AvgIpc) is 2.80. The molecule has 0 aromatic carbocycles. The first kappa shape index (κ1) is 39.9. The lowest BCUT2D eigenvalue weighted by atomic mass is 10.0. The Hall–Kier alpha value is -0.260. The van der Waals surface area contributed by atoms with Crippen LogP contribution in [0.15, 0.2) is 0 Å². The first-order chi connectivity index (χ1) is 17.9. The minimum absolute atomic E-state index is 0.00217. The summed E-state index contributed by atoms with van der Waals surface area (Å²) < 4.78 is 55.5. The Morgan fingerprint density at radius 2 is 1.05 bits per heavy atom. The van der Waals surface area contributed by atoms with Gasteiger partial charge in [0, 0.05) is 6.61 Å². The third-order valence-electron chi connectivity index (χ3n) is 5.80. The van der Waals surface area contributed by atoms with E-state index in [4.69, 9.17) is 4.74 Å². The lowest BCUT2D eigenvalue weighted by Gasteiger charge is -2.12. The van der Waals surface area contributed by atoms with Crippen LogP contribution in [0.25, 0.3) is 0 Å². The molecule has 10 heteroatoms. The van der Waals surface area contributed by atoms with Gasteiger partial charge in [-0.15, -0.1) is 0 Å². The molecule has 8 nitrogen and oxygen atoms in total. The summed E-state index contributed by atoms with van der Waals surface area (Å²) in [7, 11) is -1.04. The van der Waals surface area contributed by atoms with Crippen molar-refractivity contribution in [3.05, 3.63) is 0 Å². The van der Waals surface area contributed by atoms with Gasteiger partial charge in [0.25, 0.3) is 10.1 Å². The topological polar surface area (TPSA) is 110 Å². The number of nitrogens with zero attached hydrogens (tertiary/aromatic N) is 1. The van der Waals surface area contributed by atoms with Crippen LogP contribution in [0, 0.1) is 0 Å². The molecule has 0 amide bonds. The van der Waals surface area contributed by atoms with Crippen molar-refractivity contribution in [2.75, 3.05) is 58.7 Å². The van der Waals surface area contributed by atoms with Crippen LogP contribution in [0.1, 0.15) is 116 Å². The molecule has 0 rings (SSSR count). The van der Waals surface area contributed by atoms with E-state index >= 15 is 0 Å². The molecule has 0 aliphatic rings. The van der Waals surface area contributed by atoms with Gasteiger partial charge in [-0.1, -0.05) is 103 Å². The lowest BCUT2D eigenvalue weighted by molar-refractivity contribution is 0.0459. The number of sulfone groups is 1. The number of aliphatic hydroxyl groups is 1. The molecule has 0 radical (unpaired) electrons. The van der Waals surface area contributed by atoms with Gasteiger partial charge in [-0.25, -0.2) is 8.42 Å². The third kappa shape index (κ3) is 37.9. The molecular formula is C28H61NO7S2. The van der Waals surface area contributed by atoms with Gasteiger partial charge in [-0.3, -0.25) is 4.18 Å². The predicted octanol–water partition coefficient (Wildman–Crippen LogP) is 5.58. The molecule has 0 aliphatic carbocycles. The van der Waals surface area contributed by atoms with Gasteiger partial charge in [0.15, 0.2) is 9.84 Å². The highest BCUT2D eigenvalue weighted by molar-refractivity contribution is 7.91. The van der Waals surface area contributed by atoms with E-state index in [9.17, 15) is 21.9 Å². The molecule has 0 aliphatic heterocycles. The number of aliphatic hydroxyl groups excluding tert-OH is 1. The Kier molecular flexibility index (Phi) is 28.3. The van der Waals surface area contributed by atoms with Gasteiger partial charge < -0.3 is 14.7 Å². The molecule has 0 fully saturated rings. The fourth-order valence-electron chi connectivity index (χ4n) is 3.89. The second-order valence-electron chi connectivity index (χ2n) is 10.9. The fourth-order valence-corrected chi connectivity index (χ4v) is 5.71. The molecule has 38 heavy (non-hydrogen) atoms. The Morgan fingerprint density at radius 1 is 0.658 bits per heavy atom. The number of hydrogen-bond donors (Lipinski definition) is 1. The Balaban J connectivity index is 0. The predicted molar refractivity (Wildman–Crippen MR) is 160 cm³/mol. The third-order valence-corrected chi connectivity index (χ3v) is 8.19. The number of rotatable bonds is 26. The normalized spacial score (nSPS) is 12.9. The van der Waals surface area contributed by atoms with Gasteiger partial charge in [0.2, 0.25) is 0 Å². The lowest BCUT2D eigenvalue weighted by Crippen LogP contribution is -2.27. The minimum atomic E-state index is -3.56. The Labute approximate surface area is 236 Å². The summed E-state index contributed by atoms with van der Waals surface area (Å²) in [5.41, 5.74) is 0. The Bertz CT molecular complexity index is 695. The first-order valence-electron chi connectivity index (χ1n) is 14.8. The quantitative estimate of drug-likeness (QED) is 0.103. The van der Waals surface area contributed by atoms with Gasteiger partial charge in [0.1, 0.15) is 0 Å². The standard InChI is InChI=1S/C25H52O7S2.C3H9N/c1-3-4-5-6-7-8-9-10-11-12-13-14-15-16-17-18-20-31-23-25(26)24-34(29,30)22-19-21-32-33(2,27)28;1-4(2)3/h25-26H,3-24H2,1-2H3;1-3H3. The van der Waals surface area contributed by atoms with Crippen LogP contribution in [0.2, 0.25) is 0 Å². The molecular weight excluding hydrogens is 526 g/mol. The number of hydrogen-bond acceptors (Lipinski definition) is 8. The van der Waals surface area contributed by atoms with Gasteiger partial charge in [0.05, 0.1) is 37.1 Å². The number of ether oxygens (including phenoxy) is 1. The summed E-state index contributed by atoms with van der Waals surface area (Å²) in [4.78, 5) is 2.00. The molecule has 0 heterocycles. The summed E-state index contributed by atoms with van der Waals surface area (Å²) in [6.45, 7) is 2.61. The van der Waals surface area contributed by atoms with E-state index in [0.29, 0.717) is 6.61 Å². The van der Waals surface area contributed by atoms with Gasteiger partial charge in [-0.2, -0.15) is 8.42 Å². The average molecular weight is 588 g/mol. The molecule has 1 N–H and O–H groups in total. The summed E-state index contributed by atoms with van der Waals surface area (Å²) in [6.07, 6.45) is 20.8. The zero-order chi connectivity index (χ0) is 29.1. The van der Waals surface area contributed by atoms with E-state index in [1.54, 1.807) is 0 Å². The Morgan fingerprint density at radius 3 is 1.45 bits per heavy atom. The molecule has 0 aromatic rings. The van der Waals surface area contributed by atoms with Crippen molar-refractivity contribution in [3.63, 3.8) is 0 Å². The van der Waals surface area contributed by atoms with E-state index in [1.165, 1.54) is 89.9 Å². The van der Waals surface area contributed by atoms with Crippen molar-refractivity contribution in [3.8, 4) is 0 Å². The van der Waals surface area contributed by atoms with Crippen molar-refractivity contribution < 1.29 is 30.9 Å². The van der Waals surface area contributed by atoms with E-state index in [2.05, 4.69) is 11.1 Å². The number of unbranched alkanes of at least 4 members (excludes halogenated alkanes) is 15. The van der Waals surface area contributed by atoms with Crippen molar-refractivity contribution in [1.29, 1.82) is 0 Å². The van der Waals surface area contributed by atoms with Crippen LogP contribution >= 0.6 is 0 Å². The molecule has 232 valence electrons. The van der Waals surface area contributed by atoms with Crippen LogP contribution < -0.4 is 0 Å². The zero-order valence-corrected chi connectivity index (χ0v) is 26.9. The van der Waals surface area contributed by atoms with Crippen LogP contribution in [0.4, 0.5) is 0 Å². The van der Waals surface area contributed by atoms with Crippen LogP contribution in [-0.4, -0.2) is 91.7 Å². The molecule has 0 spiro atoms. The highest BCUT2D eigenvalue weighted by Gasteiger charge is 2.17. The highest BCUT2D eigenvalue weighted by Crippen LogP contribution is 2.13. The van der Waals surface area contributed by atoms with Crippen molar-refractivity contribution in [1.82, 2.24) is 4.90 Å². The summed E-state index contributed by atoms with van der Waals surface area (Å²) in [5, 5.41) is 9.87. The van der Waals surface area contributed by atoms with E-state index < -0.39 is 26.1 Å². The molecule has 0 saturated carbocycles. The maximum atomic E-state index is 11.9. The van der Waals surface area contributed by atoms with E-state index in [-0.39, 0.29) is 31.1 Å². The SMILES string of the molecule is CCCCCCCCCCCCCCCCCCOCC(O)CS(=O)(=O)CCCOS(C)(=O)=O.CN(C)C. The zero-order valence-electron chi connectivity index (χ0n) is 25.3. The van der Waals surface area contributed by atoms with E-state index in [0.717, 1.165) is 19.1 Å². The van der Waals surface area contributed by atoms with Crippen molar-refractivity contribution >= 4 is 20.0 Å². The fraction of sp³-hybridized carbons (Fsp3) is 1.00. The molecule has 0 aromatic heterocycles. The van der Waals surface area contributed by atoms with Crippen LogP contribution in [0.3, 0.4) is 0 Å². The second kappa shape index (κ2) is 26.9. The van der Waals surface area contributed by atoms with Crippen LogP contribution in [-0.2, 0) is 28.9 Å². The van der Waals surface area contributed by atoms with E-state index in [1.807, 2.05) is 26.0 Å². The maximum absolute atomic E-state index is 11.9. The molecule has 0 saturated heterocycles. The first-order valence-corrected chi connectivity index (χ1v) is 18.4. The largest absolute Gasteiger partial charge is 0.390 e. The summed E-state index contributed by atoms with van der Waals surface area (Å²) >= 11 is 0.